The van der Waals surface area contributed by atoms with Gasteiger partial charge in [-0.1, -0.05) is 43.2 Å². The van der Waals surface area contributed by atoms with Gasteiger partial charge in [0.1, 0.15) is 0 Å². The first-order valence-electron chi connectivity index (χ1n) is 7.98. The molecule has 5 heteroatoms. The smallest absolute Gasteiger partial charge is 0.317 e. The van der Waals surface area contributed by atoms with E-state index in [1.54, 1.807) is 7.05 Å². The van der Waals surface area contributed by atoms with Crippen molar-refractivity contribution in [2.75, 3.05) is 20.2 Å². The zero-order valence-electron chi connectivity index (χ0n) is 13.2. The normalized spacial score (nSPS) is 21.4. The Labute approximate surface area is 132 Å². The standard InChI is InChI=1S/C17H26N2O3/c1-19(11-12-20)17(21)18-15-9-5-6-10-16(15)22-13-14-7-3-2-4-8-14/h2-4,7-8,15-16,20H,5-6,9-13H2,1H3,(H,18,21). The molecule has 1 aromatic rings. The van der Waals surface area contributed by atoms with Gasteiger partial charge in [-0.15, -0.1) is 0 Å². The number of aliphatic hydroxyl groups excluding tert-OH is 1. The zero-order chi connectivity index (χ0) is 15.8. The number of hydrogen-bond donors (Lipinski definition) is 2. The van der Waals surface area contributed by atoms with E-state index in [-0.39, 0.29) is 24.8 Å². The number of rotatable bonds is 6. The molecule has 0 aromatic heterocycles. The van der Waals surface area contributed by atoms with Crippen LogP contribution in [0.15, 0.2) is 30.3 Å². The molecule has 22 heavy (non-hydrogen) atoms. The van der Waals surface area contributed by atoms with E-state index in [1.165, 1.54) is 4.90 Å². The highest BCUT2D eigenvalue weighted by atomic mass is 16.5. The van der Waals surface area contributed by atoms with Crippen LogP contribution in [-0.4, -0.2) is 48.4 Å². The van der Waals surface area contributed by atoms with E-state index in [9.17, 15) is 4.79 Å². The molecule has 1 aliphatic rings. The molecule has 0 bridgehead atoms. The van der Waals surface area contributed by atoms with Gasteiger partial charge in [0.25, 0.3) is 0 Å². The van der Waals surface area contributed by atoms with E-state index in [0.717, 1.165) is 31.2 Å². The third-order valence-corrected chi connectivity index (χ3v) is 4.10. The van der Waals surface area contributed by atoms with Crippen molar-refractivity contribution in [2.24, 2.45) is 0 Å². The predicted molar refractivity (Wildman–Crippen MR) is 85.5 cm³/mol. The number of likely N-dealkylation sites (N-methyl/N-ethyl adjacent to an activating group) is 1. The Hall–Kier alpha value is -1.59. The van der Waals surface area contributed by atoms with Crippen LogP contribution in [0, 0.1) is 0 Å². The first-order valence-corrected chi connectivity index (χ1v) is 7.98. The molecular weight excluding hydrogens is 280 g/mol. The van der Waals surface area contributed by atoms with E-state index in [0.29, 0.717) is 13.2 Å². The second-order valence-electron chi connectivity index (χ2n) is 5.82. The maximum atomic E-state index is 12.1. The molecule has 1 aromatic carbocycles. The van der Waals surface area contributed by atoms with Gasteiger partial charge in [0.15, 0.2) is 0 Å². The molecule has 2 atom stereocenters. The monoisotopic (exact) mass is 306 g/mol. The van der Waals surface area contributed by atoms with Gasteiger partial charge < -0.3 is 20.1 Å². The number of ether oxygens (including phenoxy) is 1. The SMILES string of the molecule is CN(CCO)C(=O)NC1CCCCC1OCc1ccccc1. The number of carbonyl (C=O) groups excluding carboxylic acids is 1. The van der Waals surface area contributed by atoms with Gasteiger partial charge in [0.05, 0.1) is 25.4 Å². The van der Waals surface area contributed by atoms with E-state index in [4.69, 9.17) is 9.84 Å². The molecule has 2 amide bonds. The third kappa shape index (κ3) is 5.00. The predicted octanol–water partition coefficient (Wildman–Crippen LogP) is 2.15. The van der Waals surface area contributed by atoms with Crippen LogP contribution >= 0.6 is 0 Å². The maximum Gasteiger partial charge on any atom is 0.317 e. The van der Waals surface area contributed by atoms with E-state index < -0.39 is 0 Å². The molecule has 1 saturated carbocycles. The molecule has 0 spiro atoms. The van der Waals surface area contributed by atoms with Crippen molar-refractivity contribution in [1.29, 1.82) is 0 Å². The molecular formula is C17H26N2O3. The second-order valence-corrected chi connectivity index (χ2v) is 5.82. The van der Waals surface area contributed by atoms with E-state index in [1.807, 2.05) is 30.3 Å². The van der Waals surface area contributed by atoms with Gasteiger partial charge >= 0.3 is 6.03 Å². The first kappa shape index (κ1) is 16.8. The maximum absolute atomic E-state index is 12.1. The average Bonchev–Trinajstić information content (AvgIpc) is 2.55. The molecule has 1 fully saturated rings. The summed E-state index contributed by atoms with van der Waals surface area (Å²) < 4.78 is 6.04. The lowest BCUT2D eigenvalue weighted by Crippen LogP contribution is -2.50. The molecule has 1 aliphatic carbocycles. The summed E-state index contributed by atoms with van der Waals surface area (Å²) in [5.74, 6) is 0. The Balaban J connectivity index is 1.86. The van der Waals surface area contributed by atoms with Crippen molar-refractivity contribution < 1.29 is 14.6 Å². The lowest BCUT2D eigenvalue weighted by atomic mass is 9.92. The topological polar surface area (TPSA) is 61.8 Å². The minimum atomic E-state index is -0.144. The number of carbonyl (C=O) groups is 1. The molecule has 0 radical (unpaired) electrons. The Morgan fingerprint density at radius 1 is 1.32 bits per heavy atom. The molecule has 2 unspecified atom stereocenters. The number of nitrogens with zero attached hydrogens (tertiary/aromatic N) is 1. The number of hydrogen-bond acceptors (Lipinski definition) is 3. The second kappa shape index (κ2) is 8.76. The van der Waals surface area contributed by atoms with Crippen LogP contribution in [0.4, 0.5) is 4.79 Å². The van der Waals surface area contributed by atoms with Crippen LogP contribution in [0.2, 0.25) is 0 Å². The van der Waals surface area contributed by atoms with Gasteiger partial charge in [-0.25, -0.2) is 4.79 Å². The number of amides is 2. The number of urea groups is 1. The van der Waals surface area contributed by atoms with Gasteiger partial charge in [-0.3, -0.25) is 0 Å². The number of aliphatic hydroxyl groups is 1. The van der Waals surface area contributed by atoms with Crippen molar-refractivity contribution >= 4 is 6.03 Å². The minimum Gasteiger partial charge on any atom is -0.395 e. The molecule has 0 saturated heterocycles. The van der Waals surface area contributed by atoms with Crippen molar-refractivity contribution in [2.45, 2.75) is 44.4 Å². The van der Waals surface area contributed by atoms with Crippen LogP contribution in [0.25, 0.3) is 0 Å². The summed E-state index contributed by atoms with van der Waals surface area (Å²) in [5, 5.41) is 11.9. The Bertz CT molecular complexity index is 452. The van der Waals surface area contributed by atoms with Crippen LogP contribution in [0.5, 0.6) is 0 Å². The molecule has 0 aliphatic heterocycles. The van der Waals surface area contributed by atoms with Crippen LogP contribution in [-0.2, 0) is 11.3 Å². The summed E-state index contributed by atoms with van der Waals surface area (Å²) in [6, 6.07) is 9.99. The Kier molecular flexibility index (Phi) is 6.68. The molecule has 122 valence electrons. The van der Waals surface area contributed by atoms with Crippen LogP contribution in [0.3, 0.4) is 0 Å². The highest BCUT2D eigenvalue weighted by molar-refractivity contribution is 5.74. The largest absolute Gasteiger partial charge is 0.395 e. The summed E-state index contributed by atoms with van der Waals surface area (Å²) in [6.07, 6.45) is 4.22. The van der Waals surface area contributed by atoms with E-state index in [2.05, 4.69) is 5.32 Å². The lowest BCUT2D eigenvalue weighted by molar-refractivity contribution is -0.00367. The molecule has 2 N–H and O–H groups in total. The summed E-state index contributed by atoms with van der Waals surface area (Å²) in [5.41, 5.74) is 1.15. The van der Waals surface area contributed by atoms with Gasteiger partial charge in [0, 0.05) is 13.6 Å². The van der Waals surface area contributed by atoms with E-state index >= 15 is 0 Å². The van der Waals surface area contributed by atoms with Gasteiger partial charge in [0.2, 0.25) is 0 Å². The molecule has 0 heterocycles. The zero-order valence-corrected chi connectivity index (χ0v) is 13.2. The number of benzene rings is 1. The summed E-state index contributed by atoms with van der Waals surface area (Å²) >= 11 is 0. The fourth-order valence-electron chi connectivity index (χ4n) is 2.76. The quantitative estimate of drug-likeness (QED) is 0.846. The van der Waals surface area contributed by atoms with Crippen molar-refractivity contribution in [3.8, 4) is 0 Å². The molecule has 2 rings (SSSR count). The Morgan fingerprint density at radius 3 is 2.77 bits per heavy atom. The summed E-state index contributed by atoms with van der Waals surface area (Å²) in [6.45, 7) is 0.890. The van der Waals surface area contributed by atoms with Crippen molar-refractivity contribution in [3.05, 3.63) is 35.9 Å². The molecule has 5 nitrogen and oxygen atoms in total. The lowest BCUT2D eigenvalue weighted by Gasteiger charge is -2.33. The van der Waals surface area contributed by atoms with Crippen molar-refractivity contribution in [1.82, 2.24) is 10.2 Å². The minimum absolute atomic E-state index is 0.0253. The highest BCUT2D eigenvalue weighted by Crippen LogP contribution is 2.22. The van der Waals surface area contributed by atoms with Crippen LogP contribution in [0.1, 0.15) is 31.2 Å². The fourth-order valence-corrected chi connectivity index (χ4v) is 2.76. The first-order chi connectivity index (χ1) is 10.7. The summed E-state index contributed by atoms with van der Waals surface area (Å²) in [4.78, 5) is 13.6. The van der Waals surface area contributed by atoms with Crippen molar-refractivity contribution in [3.63, 3.8) is 0 Å². The fraction of sp³-hybridized carbons (Fsp3) is 0.588. The van der Waals surface area contributed by atoms with Gasteiger partial charge in [-0.2, -0.15) is 0 Å². The Morgan fingerprint density at radius 2 is 2.05 bits per heavy atom. The summed E-state index contributed by atoms with van der Waals surface area (Å²) in [7, 11) is 1.69. The van der Waals surface area contributed by atoms with Crippen LogP contribution < -0.4 is 5.32 Å². The highest BCUT2D eigenvalue weighted by Gasteiger charge is 2.28. The van der Waals surface area contributed by atoms with Gasteiger partial charge in [-0.05, 0) is 18.4 Å². The number of nitrogens with one attached hydrogen (secondary N) is 1. The third-order valence-electron chi connectivity index (χ3n) is 4.10. The average molecular weight is 306 g/mol.